The number of carbonyl (C=O) groups excluding carboxylic acids is 1. The number of anilines is 1. The van der Waals surface area contributed by atoms with Crippen LogP contribution < -0.4 is 20.1 Å². The number of amides is 1. The Kier molecular flexibility index (Phi) is 4.01. The number of alkyl halides is 2. The van der Waals surface area contributed by atoms with Gasteiger partial charge >= 0.3 is 6.29 Å². The molecule has 5 nitrogen and oxygen atoms in total. The molecule has 0 radical (unpaired) electrons. The fourth-order valence-electron chi connectivity index (χ4n) is 2.16. The number of carbonyl (C=O) groups is 1. The van der Waals surface area contributed by atoms with E-state index in [0.29, 0.717) is 5.69 Å². The van der Waals surface area contributed by atoms with Gasteiger partial charge in [-0.2, -0.15) is 0 Å². The molecule has 1 amide bonds. The molecular weight excluding hydrogens is 294 g/mol. The van der Waals surface area contributed by atoms with Crippen molar-refractivity contribution in [2.45, 2.75) is 25.2 Å². The highest BCUT2D eigenvalue weighted by molar-refractivity contribution is 5.95. The van der Waals surface area contributed by atoms with Gasteiger partial charge in [0, 0.05) is 11.8 Å². The third-order valence-electron chi connectivity index (χ3n) is 3.05. The van der Waals surface area contributed by atoms with E-state index in [9.17, 15) is 13.6 Å². The monoisotopic (exact) mass is 306 g/mol. The first-order valence-corrected chi connectivity index (χ1v) is 5.98. The summed E-state index contributed by atoms with van der Waals surface area (Å²) in [7, 11) is 0. The Labute approximate surface area is 120 Å². The Hall–Kier alpha value is -1.60. The highest BCUT2D eigenvalue weighted by Gasteiger charge is 2.43. The quantitative estimate of drug-likeness (QED) is 0.879. The van der Waals surface area contributed by atoms with Crippen LogP contribution in [0.2, 0.25) is 0 Å². The van der Waals surface area contributed by atoms with E-state index >= 15 is 0 Å². The molecule has 2 aliphatic rings. The molecule has 0 spiro atoms. The van der Waals surface area contributed by atoms with Crippen molar-refractivity contribution in [1.29, 1.82) is 0 Å². The normalized spacial score (nSPS) is 22.2. The van der Waals surface area contributed by atoms with Crippen LogP contribution in [-0.2, 0) is 4.79 Å². The molecule has 0 bridgehead atoms. The average Bonchev–Trinajstić information content (AvgIpc) is 2.93. The topological polar surface area (TPSA) is 59.6 Å². The third-order valence-corrected chi connectivity index (χ3v) is 3.05. The lowest BCUT2D eigenvalue weighted by atomic mass is 10.2. The number of ether oxygens (including phenoxy) is 2. The second-order valence-electron chi connectivity index (χ2n) is 4.47. The fraction of sp³-hybridized carbons (Fsp3) is 0.417. The zero-order valence-corrected chi connectivity index (χ0v) is 11.1. The molecule has 2 aliphatic heterocycles. The van der Waals surface area contributed by atoms with Crippen LogP contribution in [0.3, 0.4) is 0 Å². The van der Waals surface area contributed by atoms with Gasteiger partial charge in [0.25, 0.3) is 0 Å². The van der Waals surface area contributed by atoms with Gasteiger partial charge < -0.3 is 20.1 Å². The van der Waals surface area contributed by atoms with Gasteiger partial charge in [0.2, 0.25) is 5.91 Å². The van der Waals surface area contributed by atoms with Crippen LogP contribution >= 0.6 is 12.4 Å². The van der Waals surface area contributed by atoms with Gasteiger partial charge in [-0.25, -0.2) is 0 Å². The van der Waals surface area contributed by atoms with Gasteiger partial charge in [0.1, 0.15) is 0 Å². The molecule has 1 aromatic rings. The van der Waals surface area contributed by atoms with Crippen molar-refractivity contribution in [1.82, 2.24) is 5.32 Å². The number of hydrogen-bond donors (Lipinski definition) is 2. The Bertz CT molecular complexity index is 521. The maximum absolute atomic E-state index is 12.8. The molecule has 2 N–H and O–H groups in total. The summed E-state index contributed by atoms with van der Waals surface area (Å²) in [5, 5.41) is 5.71. The van der Waals surface area contributed by atoms with Crippen molar-refractivity contribution < 1.29 is 23.0 Å². The molecule has 8 heteroatoms. The average molecular weight is 307 g/mol. The molecule has 1 aromatic carbocycles. The standard InChI is InChI=1S/C12H12F2N2O3.ClH/c13-12(14)18-9-4-3-7(6-10(9)19-12)16-11(17)8-2-1-5-15-8;/h3-4,6,8,15H,1-2,5H2,(H,16,17);1H. The Balaban J connectivity index is 0.00000147. The lowest BCUT2D eigenvalue weighted by Crippen LogP contribution is -2.35. The highest BCUT2D eigenvalue weighted by Crippen LogP contribution is 2.42. The van der Waals surface area contributed by atoms with E-state index in [0.717, 1.165) is 19.4 Å². The fourth-order valence-corrected chi connectivity index (χ4v) is 2.16. The molecule has 0 aliphatic carbocycles. The predicted octanol–water partition coefficient (Wildman–Crippen LogP) is 2.12. The van der Waals surface area contributed by atoms with Crippen LogP contribution in [0.15, 0.2) is 18.2 Å². The lowest BCUT2D eigenvalue weighted by molar-refractivity contribution is -0.286. The van der Waals surface area contributed by atoms with Crippen LogP contribution in [0.5, 0.6) is 11.5 Å². The van der Waals surface area contributed by atoms with Crippen LogP contribution in [0.1, 0.15) is 12.8 Å². The minimum atomic E-state index is -3.64. The van der Waals surface area contributed by atoms with Gasteiger partial charge in [-0.3, -0.25) is 4.79 Å². The molecule has 110 valence electrons. The van der Waals surface area contributed by atoms with E-state index in [-0.39, 0.29) is 35.9 Å². The van der Waals surface area contributed by atoms with Gasteiger partial charge in [-0.05, 0) is 31.5 Å². The number of fused-ring (bicyclic) bond motifs is 1. The number of nitrogens with one attached hydrogen (secondary N) is 2. The number of halogens is 3. The van der Waals surface area contributed by atoms with Crippen LogP contribution in [-0.4, -0.2) is 24.8 Å². The Morgan fingerprint density at radius 1 is 1.35 bits per heavy atom. The number of rotatable bonds is 2. The summed E-state index contributed by atoms with van der Waals surface area (Å²) in [6.07, 6.45) is -1.92. The van der Waals surface area contributed by atoms with E-state index in [1.54, 1.807) is 0 Å². The molecule has 2 heterocycles. The SMILES string of the molecule is Cl.O=C(Nc1ccc2c(c1)OC(F)(F)O2)C1CCCN1. The number of benzene rings is 1. The van der Waals surface area contributed by atoms with E-state index in [4.69, 9.17) is 0 Å². The first-order chi connectivity index (χ1) is 9.03. The van der Waals surface area contributed by atoms with Gasteiger partial charge in [0.15, 0.2) is 11.5 Å². The molecule has 1 atom stereocenters. The van der Waals surface area contributed by atoms with Gasteiger partial charge in [-0.15, -0.1) is 21.2 Å². The molecular formula is C12H13ClF2N2O3. The number of hydrogen-bond acceptors (Lipinski definition) is 4. The van der Waals surface area contributed by atoms with E-state index in [1.807, 2.05) is 0 Å². The molecule has 20 heavy (non-hydrogen) atoms. The Morgan fingerprint density at radius 2 is 2.10 bits per heavy atom. The zero-order valence-electron chi connectivity index (χ0n) is 10.3. The predicted molar refractivity (Wildman–Crippen MR) is 69.5 cm³/mol. The van der Waals surface area contributed by atoms with Crippen molar-refractivity contribution in [3.05, 3.63) is 18.2 Å². The first-order valence-electron chi connectivity index (χ1n) is 5.98. The second kappa shape index (κ2) is 5.41. The minimum Gasteiger partial charge on any atom is -0.395 e. The lowest BCUT2D eigenvalue weighted by Gasteiger charge is -2.11. The summed E-state index contributed by atoms with van der Waals surface area (Å²) in [5.41, 5.74) is 0.402. The molecule has 1 saturated heterocycles. The summed E-state index contributed by atoms with van der Waals surface area (Å²) in [5.74, 6) is -0.299. The van der Waals surface area contributed by atoms with E-state index in [1.165, 1.54) is 18.2 Å². The second-order valence-corrected chi connectivity index (χ2v) is 4.47. The van der Waals surface area contributed by atoms with Crippen molar-refractivity contribution in [3.63, 3.8) is 0 Å². The van der Waals surface area contributed by atoms with Crippen LogP contribution in [0.4, 0.5) is 14.5 Å². The molecule has 0 saturated carbocycles. The largest absolute Gasteiger partial charge is 0.586 e. The summed E-state index contributed by atoms with van der Waals surface area (Å²) in [6, 6.07) is 3.93. The molecule has 1 unspecified atom stereocenters. The third kappa shape index (κ3) is 2.94. The van der Waals surface area contributed by atoms with Crippen molar-refractivity contribution in [2.24, 2.45) is 0 Å². The molecule has 0 aromatic heterocycles. The van der Waals surface area contributed by atoms with Crippen LogP contribution in [0.25, 0.3) is 0 Å². The summed E-state index contributed by atoms with van der Waals surface area (Å²) < 4.78 is 34.3. The summed E-state index contributed by atoms with van der Waals surface area (Å²) in [6.45, 7) is 0.811. The minimum absolute atomic E-state index is 0. The van der Waals surface area contributed by atoms with Gasteiger partial charge in [0.05, 0.1) is 6.04 Å². The zero-order chi connectivity index (χ0) is 13.5. The van der Waals surface area contributed by atoms with E-state index < -0.39 is 6.29 Å². The van der Waals surface area contributed by atoms with Crippen LogP contribution in [0, 0.1) is 0 Å². The van der Waals surface area contributed by atoms with Gasteiger partial charge in [-0.1, -0.05) is 0 Å². The van der Waals surface area contributed by atoms with Crippen molar-refractivity contribution in [2.75, 3.05) is 11.9 Å². The summed E-state index contributed by atoms with van der Waals surface area (Å²) >= 11 is 0. The smallest absolute Gasteiger partial charge is 0.395 e. The van der Waals surface area contributed by atoms with Crippen molar-refractivity contribution in [3.8, 4) is 11.5 Å². The van der Waals surface area contributed by atoms with E-state index in [2.05, 4.69) is 20.1 Å². The highest BCUT2D eigenvalue weighted by atomic mass is 35.5. The van der Waals surface area contributed by atoms with Crippen molar-refractivity contribution >= 4 is 24.0 Å². The molecule has 3 rings (SSSR count). The maximum atomic E-state index is 12.8. The first kappa shape index (κ1) is 14.8. The molecule has 1 fully saturated rings. The summed E-state index contributed by atoms with van der Waals surface area (Å²) in [4.78, 5) is 11.8. The Morgan fingerprint density at radius 3 is 2.80 bits per heavy atom. The maximum Gasteiger partial charge on any atom is 0.586 e.